The molecule has 0 aliphatic carbocycles. The van der Waals surface area contributed by atoms with E-state index in [1.165, 1.54) is 12.5 Å². The van der Waals surface area contributed by atoms with Crippen LogP contribution in [0.4, 0.5) is 0 Å². The number of hydrogen-bond acceptors (Lipinski definition) is 4. The van der Waals surface area contributed by atoms with E-state index in [9.17, 15) is 4.79 Å². The Labute approximate surface area is 152 Å². The summed E-state index contributed by atoms with van der Waals surface area (Å²) < 4.78 is 11.7. The second-order valence-electron chi connectivity index (χ2n) is 6.74. The average molecular weight is 350 g/mol. The van der Waals surface area contributed by atoms with Gasteiger partial charge < -0.3 is 14.5 Å². The van der Waals surface area contributed by atoms with Crippen LogP contribution in [0, 0.1) is 6.92 Å². The Bertz CT molecular complexity index is 954. The number of aromatic nitrogens is 2. The van der Waals surface area contributed by atoms with Gasteiger partial charge >= 0.3 is 0 Å². The molecule has 134 valence electrons. The number of benzene rings is 1. The molecule has 0 saturated carbocycles. The van der Waals surface area contributed by atoms with Crippen molar-refractivity contribution in [1.82, 2.24) is 9.97 Å². The van der Waals surface area contributed by atoms with E-state index in [1.807, 2.05) is 24.3 Å². The molecular formula is C21H22N2O3. The molecule has 4 rings (SSSR count). The summed E-state index contributed by atoms with van der Waals surface area (Å²) >= 11 is 0. The van der Waals surface area contributed by atoms with Crippen LogP contribution in [0.2, 0.25) is 0 Å². The van der Waals surface area contributed by atoms with Gasteiger partial charge in [-0.1, -0.05) is 0 Å². The van der Waals surface area contributed by atoms with Crippen molar-refractivity contribution in [2.24, 2.45) is 0 Å². The van der Waals surface area contributed by atoms with E-state index in [4.69, 9.17) is 14.5 Å². The van der Waals surface area contributed by atoms with Gasteiger partial charge in [-0.2, -0.15) is 0 Å². The van der Waals surface area contributed by atoms with Crippen molar-refractivity contribution in [2.45, 2.75) is 32.3 Å². The number of nitrogens with one attached hydrogen (secondary N) is 1. The number of pyridine rings is 2. The average Bonchev–Trinajstić information content (AvgIpc) is 2.68. The number of aromatic amines is 1. The fraction of sp³-hybridized carbons (Fsp3) is 0.333. The molecular weight excluding hydrogens is 328 g/mol. The maximum absolute atomic E-state index is 11.2. The molecule has 1 fully saturated rings. The zero-order valence-electron chi connectivity index (χ0n) is 14.8. The molecule has 0 spiro atoms. The van der Waals surface area contributed by atoms with E-state index in [1.54, 1.807) is 12.3 Å². The Morgan fingerprint density at radius 1 is 1.23 bits per heavy atom. The minimum Gasteiger partial charge on any atom is -0.491 e. The van der Waals surface area contributed by atoms with Gasteiger partial charge in [-0.05, 0) is 62.1 Å². The van der Waals surface area contributed by atoms with Crippen LogP contribution < -0.4 is 10.3 Å². The van der Waals surface area contributed by atoms with Crippen molar-refractivity contribution in [3.05, 3.63) is 58.5 Å². The van der Waals surface area contributed by atoms with Gasteiger partial charge in [0.15, 0.2) is 0 Å². The Balaban J connectivity index is 1.58. The molecule has 3 heterocycles. The fourth-order valence-electron chi connectivity index (χ4n) is 3.31. The summed E-state index contributed by atoms with van der Waals surface area (Å²) in [7, 11) is 0. The van der Waals surface area contributed by atoms with E-state index in [0.717, 1.165) is 52.9 Å². The summed E-state index contributed by atoms with van der Waals surface area (Å²) in [6.07, 6.45) is 5.31. The predicted octanol–water partition coefficient (Wildman–Crippen LogP) is 3.85. The number of hydrogen-bond donors (Lipinski definition) is 1. The first kappa shape index (κ1) is 16.8. The van der Waals surface area contributed by atoms with Crippen LogP contribution in [0.25, 0.3) is 22.2 Å². The molecule has 1 atom stereocenters. The molecule has 1 aliphatic rings. The zero-order chi connectivity index (χ0) is 17.9. The van der Waals surface area contributed by atoms with Crippen molar-refractivity contribution in [3.8, 4) is 17.0 Å². The number of H-pyrrole nitrogens is 1. The van der Waals surface area contributed by atoms with Gasteiger partial charge in [-0.15, -0.1) is 0 Å². The van der Waals surface area contributed by atoms with Gasteiger partial charge in [-0.25, -0.2) is 4.98 Å². The van der Waals surface area contributed by atoms with Crippen molar-refractivity contribution in [2.75, 3.05) is 13.2 Å². The molecule has 26 heavy (non-hydrogen) atoms. The summed E-state index contributed by atoms with van der Waals surface area (Å²) in [5.41, 5.74) is 3.65. The van der Waals surface area contributed by atoms with Crippen molar-refractivity contribution in [3.63, 3.8) is 0 Å². The maximum Gasteiger partial charge on any atom is 0.247 e. The molecule has 1 unspecified atom stereocenters. The molecule has 1 N–H and O–H groups in total. The van der Waals surface area contributed by atoms with Crippen LogP contribution in [0.15, 0.2) is 47.4 Å². The second kappa shape index (κ2) is 7.30. The smallest absolute Gasteiger partial charge is 0.247 e. The van der Waals surface area contributed by atoms with E-state index in [0.29, 0.717) is 6.61 Å². The number of ether oxygens (including phenoxy) is 2. The largest absolute Gasteiger partial charge is 0.491 e. The first-order valence-corrected chi connectivity index (χ1v) is 9.04. The summed E-state index contributed by atoms with van der Waals surface area (Å²) in [5, 5.41) is 1.07. The third-order valence-corrected chi connectivity index (χ3v) is 4.78. The molecule has 1 aromatic carbocycles. The molecule has 1 saturated heterocycles. The van der Waals surface area contributed by atoms with E-state index < -0.39 is 0 Å². The van der Waals surface area contributed by atoms with E-state index in [2.05, 4.69) is 11.9 Å². The van der Waals surface area contributed by atoms with Crippen LogP contribution in [-0.2, 0) is 4.74 Å². The third-order valence-electron chi connectivity index (χ3n) is 4.78. The van der Waals surface area contributed by atoms with Crippen molar-refractivity contribution >= 4 is 10.9 Å². The molecule has 2 aromatic heterocycles. The van der Waals surface area contributed by atoms with Crippen LogP contribution >= 0.6 is 0 Å². The minimum absolute atomic E-state index is 0.116. The normalized spacial score (nSPS) is 17.3. The Kier molecular flexibility index (Phi) is 4.71. The summed E-state index contributed by atoms with van der Waals surface area (Å²) in [6, 6.07) is 11.3. The highest BCUT2D eigenvalue weighted by molar-refractivity contribution is 5.86. The van der Waals surface area contributed by atoms with E-state index >= 15 is 0 Å². The summed E-state index contributed by atoms with van der Waals surface area (Å²) in [5.74, 6) is 0.841. The van der Waals surface area contributed by atoms with Crippen LogP contribution in [0.3, 0.4) is 0 Å². The van der Waals surface area contributed by atoms with Crippen molar-refractivity contribution in [1.29, 1.82) is 0 Å². The third kappa shape index (κ3) is 3.63. The lowest BCUT2D eigenvalue weighted by Crippen LogP contribution is -2.25. The van der Waals surface area contributed by atoms with Crippen LogP contribution in [-0.4, -0.2) is 29.3 Å². The van der Waals surface area contributed by atoms with Gasteiger partial charge in [0.2, 0.25) is 5.56 Å². The van der Waals surface area contributed by atoms with Gasteiger partial charge in [0.1, 0.15) is 12.4 Å². The molecule has 0 amide bonds. The van der Waals surface area contributed by atoms with Gasteiger partial charge in [-0.3, -0.25) is 4.79 Å². The number of rotatable bonds is 4. The quantitative estimate of drug-likeness (QED) is 0.776. The topological polar surface area (TPSA) is 64.2 Å². The first-order chi connectivity index (χ1) is 12.7. The monoisotopic (exact) mass is 350 g/mol. The Hall–Kier alpha value is -2.66. The van der Waals surface area contributed by atoms with Crippen LogP contribution in [0.5, 0.6) is 5.75 Å². The van der Waals surface area contributed by atoms with Crippen LogP contribution in [0.1, 0.15) is 24.8 Å². The standard InChI is InChI=1S/C21H22N2O3/c1-14-10-20(15-5-8-21(24)22-12-15)23-19-7-6-16(11-18(14)19)26-13-17-4-2-3-9-25-17/h5-8,10-12,17H,2-4,9,13H2,1H3,(H,22,24). The summed E-state index contributed by atoms with van der Waals surface area (Å²) in [4.78, 5) is 18.7. The molecule has 3 aromatic rings. The SMILES string of the molecule is Cc1cc(-c2ccc(=O)[nH]c2)nc2ccc(OCC3CCCCO3)cc12. The van der Waals surface area contributed by atoms with Crippen molar-refractivity contribution < 1.29 is 9.47 Å². The van der Waals surface area contributed by atoms with E-state index in [-0.39, 0.29) is 11.7 Å². The highest BCUT2D eigenvalue weighted by Gasteiger charge is 2.14. The molecule has 5 nitrogen and oxygen atoms in total. The maximum atomic E-state index is 11.2. The lowest BCUT2D eigenvalue weighted by atomic mass is 10.1. The number of aryl methyl sites for hydroxylation is 1. The Morgan fingerprint density at radius 3 is 2.92 bits per heavy atom. The highest BCUT2D eigenvalue weighted by Crippen LogP contribution is 2.27. The Morgan fingerprint density at radius 2 is 2.15 bits per heavy atom. The fourth-order valence-corrected chi connectivity index (χ4v) is 3.31. The van der Waals surface area contributed by atoms with Gasteiger partial charge in [0.25, 0.3) is 0 Å². The minimum atomic E-state index is -0.116. The summed E-state index contributed by atoms with van der Waals surface area (Å²) in [6.45, 7) is 3.49. The molecule has 0 bridgehead atoms. The highest BCUT2D eigenvalue weighted by atomic mass is 16.5. The lowest BCUT2D eigenvalue weighted by Gasteiger charge is -2.22. The molecule has 5 heteroatoms. The predicted molar refractivity (Wildman–Crippen MR) is 102 cm³/mol. The zero-order valence-corrected chi connectivity index (χ0v) is 14.8. The number of fused-ring (bicyclic) bond motifs is 1. The van der Waals surface area contributed by atoms with Gasteiger partial charge in [0, 0.05) is 29.8 Å². The van der Waals surface area contributed by atoms with Gasteiger partial charge in [0.05, 0.1) is 17.3 Å². The molecule has 0 radical (unpaired) electrons. The number of nitrogens with zero attached hydrogens (tertiary/aromatic N) is 1. The second-order valence-corrected chi connectivity index (χ2v) is 6.74. The molecule has 1 aliphatic heterocycles. The first-order valence-electron chi connectivity index (χ1n) is 9.04. The lowest BCUT2D eigenvalue weighted by molar-refractivity contribution is -0.0110.